The molecule has 4 nitrogen and oxygen atoms in total. The molecule has 0 saturated carbocycles. The van der Waals surface area contributed by atoms with E-state index in [0.29, 0.717) is 13.0 Å². The number of aliphatic hydroxyl groups is 1. The van der Waals surface area contributed by atoms with Gasteiger partial charge in [-0.3, -0.25) is 4.79 Å². The molecule has 102 valence electrons. The summed E-state index contributed by atoms with van der Waals surface area (Å²) >= 11 is 0. The second-order valence-electron chi connectivity index (χ2n) is 4.54. The molecule has 1 rings (SSSR count). The monoisotopic (exact) mass is 245 g/mol. The number of carboxylic acid groups (broad SMARTS) is 1. The van der Waals surface area contributed by atoms with Crippen molar-refractivity contribution in [3.63, 3.8) is 0 Å². The lowest BCUT2D eigenvalue weighted by Gasteiger charge is -2.06. The molecule has 0 aromatic carbocycles. The van der Waals surface area contributed by atoms with Crippen LogP contribution >= 0.6 is 0 Å². The lowest BCUT2D eigenvalue weighted by atomic mass is 10.1. The molecular formula is C13H27NO3. The fourth-order valence-electron chi connectivity index (χ4n) is 1.79. The van der Waals surface area contributed by atoms with Crippen molar-refractivity contribution in [1.29, 1.82) is 0 Å². The highest BCUT2D eigenvalue weighted by molar-refractivity contribution is 5.74. The van der Waals surface area contributed by atoms with Crippen molar-refractivity contribution in [2.45, 2.75) is 70.9 Å². The number of carbonyl (C=O) groups is 1. The normalized spacial score (nSPS) is 23.0. The molecular weight excluding hydrogens is 218 g/mol. The zero-order valence-corrected chi connectivity index (χ0v) is 11.1. The van der Waals surface area contributed by atoms with Gasteiger partial charge >= 0.3 is 5.97 Å². The maximum atomic E-state index is 10.2. The molecule has 0 aromatic rings. The maximum Gasteiger partial charge on any atom is 0.323 e. The molecule has 0 bridgehead atoms. The number of nitrogens with one attached hydrogen (secondary N) is 1. The standard InChI is InChI=1S/C8H18.C5H9NO3/c1-3-5-7-8-6-4-2;7-3-1-2-6-4(3)5(8)9/h3-8H2,1-2H3;3-4,6-7H,1-2H2,(H,8,9)/t;3?,4-/m.0/s1. The van der Waals surface area contributed by atoms with Gasteiger partial charge in [0.1, 0.15) is 6.04 Å². The molecule has 0 aliphatic carbocycles. The Balaban J connectivity index is 0.000000304. The summed E-state index contributed by atoms with van der Waals surface area (Å²) in [7, 11) is 0. The molecule has 1 unspecified atom stereocenters. The summed E-state index contributed by atoms with van der Waals surface area (Å²) in [4.78, 5) is 10.2. The van der Waals surface area contributed by atoms with Gasteiger partial charge in [-0.2, -0.15) is 0 Å². The number of hydrogen-bond donors (Lipinski definition) is 3. The molecule has 0 radical (unpaired) electrons. The first-order chi connectivity index (χ1) is 8.13. The zero-order valence-electron chi connectivity index (χ0n) is 11.1. The summed E-state index contributed by atoms with van der Waals surface area (Å²) in [5, 5.41) is 19.9. The van der Waals surface area contributed by atoms with E-state index >= 15 is 0 Å². The van der Waals surface area contributed by atoms with Crippen LogP contribution in [0.3, 0.4) is 0 Å². The number of aliphatic hydroxyl groups excluding tert-OH is 1. The number of aliphatic carboxylic acids is 1. The molecule has 1 saturated heterocycles. The average molecular weight is 245 g/mol. The summed E-state index contributed by atoms with van der Waals surface area (Å²) in [6, 6.07) is -0.745. The van der Waals surface area contributed by atoms with Gasteiger partial charge in [-0.1, -0.05) is 52.4 Å². The lowest BCUT2D eigenvalue weighted by molar-refractivity contribution is -0.141. The predicted octanol–water partition coefficient (Wildman–Crippen LogP) is 2.16. The Morgan fingerprint density at radius 1 is 1.18 bits per heavy atom. The van der Waals surface area contributed by atoms with Crippen molar-refractivity contribution in [1.82, 2.24) is 5.32 Å². The van der Waals surface area contributed by atoms with Crippen LogP contribution in [0.4, 0.5) is 0 Å². The van der Waals surface area contributed by atoms with Crippen molar-refractivity contribution in [2.24, 2.45) is 0 Å². The smallest absolute Gasteiger partial charge is 0.323 e. The Hall–Kier alpha value is -0.610. The molecule has 0 aromatic heterocycles. The van der Waals surface area contributed by atoms with E-state index in [-0.39, 0.29) is 0 Å². The van der Waals surface area contributed by atoms with E-state index in [0.717, 1.165) is 0 Å². The molecule has 17 heavy (non-hydrogen) atoms. The van der Waals surface area contributed by atoms with E-state index in [2.05, 4.69) is 19.2 Å². The van der Waals surface area contributed by atoms with Crippen LogP contribution in [0.25, 0.3) is 0 Å². The third-order valence-corrected chi connectivity index (χ3v) is 2.91. The van der Waals surface area contributed by atoms with Crippen molar-refractivity contribution in [3.05, 3.63) is 0 Å². The minimum Gasteiger partial charge on any atom is -0.480 e. The van der Waals surface area contributed by atoms with Gasteiger partial charge in [-0.05, 0) is 13.0 Å². The van der Waals surface area contributed by atoms with Crippen molar-refractivity contribution < 1.29 is 15.0 Å². The third kappa shape index (κ3) is 8.16. The lowest BCUT2D eigenvalue weighted by Crippen LogP contribution is -2.38. The highest BCUT2D eigenvalue weighted by Crippen LogP contribution is 2.05. The molecule has 4 heteroatoms. The highest BCUT2D eigenvalue weighted by Gasteiger charge is 2.30. The number of hydrogen-bond acceptors (Lipinski definition) is 3. The first-order valence-corrected chi connectivity index (χ1v) is 6.77. The van der Waals surface area contributed by atoms with Gasteiger partial charge in [-0.15, -0.1) is 0 Å². The van der Waals surface area contributed by atoms with E-state index in [1.807, 2.05) is 0 Å². The van der Waals surface area contributed by atoms with Crippen molar-refractivity contribution >= 4 is 5.97 Å². The highest BCUT2D eigenvalue weighted by atomic mass is 16.4. The van der Waals surface area contributed by atoms with Crippen LogP contribution in [0.2, 0.25) is 0 Å². The van der Waals surface area contributed by atoms with Gasteiger partial charge < -0.3 is 15.5 Å². The molecule has 0 spiro atoms. The summed E-state index contributed by atoms with van der Waals surface area (Å²) < 4.78 is 0. The Bertz CT molecular complexity index is 191. The SMILES string of the molecule is CCCCCCCC.O=C(O)[C@H]1NCCC1O. The molecule has 1 aliphatic rings. The zero-order chi connectivity index (χ0) is 13.1. The van der Waals surface area contributed by atoms with Gasteiger partial charge in [0, 0.05) is 0 Å². The van der Waals surface area contributed by atoms with Gasteiger partial charge in [0.15, 0.2) is 0 Å². The summed E-state index contributed by atoms with van der Waals surface area (Å²) in [6.07, 6.45) is 8.32. The van der Waals surface area contributed by atoms with Crippen LogP contribution in [0.1, 0.15) is 58.8 Å². The largest absolute Gasteiger partial charge is 0.480 e. The average Bonchev–Trinajstić information content (AvgIpc) is 2.72. The van der Waals surface area contributed by atoms with Crippen LogP contribution in [0, 0.1) is 0 Å². The molecule has 3 N–H and O–H groups in total. The van der Waals surface area contributed by atoms with Gasteiger partial charge in [-0.25, -0.2) is 0 Å². The number of unbranched alkanes of at least 4 members (excludes halogenated alkanes) is 5. The van der Waals surface area contributed by atoms with Crippen molar-refractivity contribution in [3.8, 4) is 0 Å². The van der Waals surface area contributed by atoms with E-state index in [1.54, 1.807) is 0 Å². The van der Waals surface area contributed by atoms with Gasteiger partial charge in [0.25, 0.3) is 0 Å². The minimum atomic E-state index is -0.972. The first kappa shape index (κ1) is 16.4. The molecule has 1 fully saturated rings. The quantitative estimate of drug-likeness (QED) is 0.627. The summed E-state index contributed by atoms with van der Waals surface area (Å²) in [6.45, 7) is 5.11. The fourth-order valence-corrected chi connectivity index (χ4v) is 1.79. The van der Waals surface area contributed by atoms with E-state index in [1.165, 1.54) is 38.5 Å². The van der Waals surface area contributed by atoms with Crippen molar-refractivity contribution in [2.75, 3.05) is 6.54 Å². The predicted molar refractivity (Wildman–Crippen MR) is 69.1 cm³/mol. The molecule has 2 atom stereocenters. The molecule has 1 heterocycles. The summed E-state index contributed by atoms with van der Waals surface area (Å²) in [5.74, 6) is -0.972. The molecule has 1 aliphatic heterocycles. The van der Waals surface area contributed by atoms with E-state index < -0.39 is 18.1 Å². The van der Waals surface area contributed by atoms with Gasteiger partial charge in [0.2, 0.25) is 0 Å². The van der Waals surface area contributed by atoms with Crippen LogP contribution < -0.4 is 5.32 Å². The van der Waals surface area contributed by atoms with Crippen LogP contribution in [0.15, 0.2) is 0 Å². The van der Waals surface area contributed by atoms with Crippen LogP contribution in [-0.2, 0) is 4.79 Å². The fraction of sp³-hybridized carbons (Fsp3) is 0.923. The number of carboxylic acids is 1. The second-order valence-corrected chi connectivity index (χ2v) is 4.54. The van der Waals surface area contributed by atoms with Gasteiger partial charge in [0.05, 0.1) is 6.10 Å². The Kier molecular flexibility index (Phi) is 10.2. The number of rotatable bonds is 6. The topological polar surface area (TPSA) is 69.6 Å². The van der Waals surface area contributed by atoms with Crippen LogP contribution in [0.5, 0.6) is 0 Å². The summed E-state index contributed by atoms with van der Waals surface area (Å²) in [5.41, 5.74) is 0. The van der Waals surface area contributed by atoms with Crippen LogP contribution in [-0.4, -0.2) is 34.9 Å². The third-order valence-electron chi connectivity index (χ3n) is 2.91. The second kappa shape index (κ2) is 10.5. The van der Waals surface area contributed by atoms with E-state index in [4.69, 9.17) is 10.2 Å². The Labute approximate surface area is 104 Å². The maximum absolute atomic E-state index is 10.2. The molecule has 0 amide bonds. The first-order valence-electron chi connectivity index (χ1n) is 6.77. The van der Waals surface area contributed by atoms with E-state index in [9.17, 15) is 4.79 Å². The Morgan fingerprint density at radius 3 is 1.94 bits per heavy atom. The minimum absolute atomic E-state index is 0.539. The Morgan fingerprint density at radius 2 is 1.71 bits per heavy atom.